The lowest BCUT2D eigenvalue weighted by Gasteiger charge is -2.31. The molecular weight excluding hydrogens is 612 g/mol. The Balaban J connectivity index is 1.66. The molecule has 2 N–H and O–H groups in total. The first-order valence-electron chi connectivity index (χ1n) is 12.7. The van der Waals surface area contributed by atoms with E-state index < -0.39 is 60.7 Å². The lowest BCUT2D eigenvalue weighted by atomic mass is 10.0. The first-order chi connectivity index (χ1) is 20.1. The molecule has 1 saturated heterocycles. The van der Waals surface area contributed by atoms with Crippen LogP contribution in [0.25, 0.3) is 11.4 Å². The number of nitrogens with zero attached hydrogens (tertiary/aromatic N) is 4. The smallest absolute Gasteiger partial charge is 0.382 e. The summed E-state index contributed by atoms with van der Waals surface area (Å²) in [4.78, 5) is 40.8. The molecule has 1 aliphatic heterocycles. The van der Waals surface area contributed by atoms with Crippen LogP contribution in [-0.4, -0.2) is 74.8 Å². The van der Waals surface area contributed by atoms with Gasteiger partial charge in [-0.2, -0.15) is 26.3 Å². The maximum absolute atomic E-state index is 13.4. The van der Waals surface area contributed by atoms with Crippen LogP contribution in [0.1, 0.15) is 17.2 Å². The van der Waals surface area contributed by atoms with Gasteiger partial charge in [0.2, 0.25) is 11.8 Å². The van der Waals surface area contributed by atoms with Crippen LogP contribution in [0.5, 0.6) is 0 Å². The van der Waals surface area contributed by atoms with Gasteiger partial charge in [-0.15, -0.1) is 5.10 Å². The Kier molecular flexibility index (Phi) is 9.51. The zero-order chi connectivity index (χ0) is 31.5. The second-order valence-electron chi connectivity index (χ2n) is 9.50. The zero-order valence-corrected chi connectivity index (χ0v) is 22.8. The Hall–Kier alpha value is -3.89. The molecule has 0 saturated carbocycles. The van der Waals surface area contributed by atoms with E-state index in [-0.39, 0.29) is 48.3 Å². The number of halogens is 7. The van der Waals surface area contributed by atoms with Gasteiger partial charge in [0.25, 0.3) is 0 Å². The number of alkyl halides is 6. The fraction of sp³-hybridized carbons (Fsp3) is 0.385. The van der Waals surface area contributed by atoms with Gasteiger partial charge >= 0.3 is 18.0 Å². The summed E-state index contributed by atoms with van der Waals surface area (Å²) < 4.78 is 85.8. The third kappa shape index (κ3) is 7.74. The largest absolute Gasteiger partial charge is 0.416 e. The summed E-state index contributed by atoms with van der Waals surface area (Å²) in [5.41, 5.74) is -2.31. The molecule has 4 rings (SSSR count). The number of aliphatic hydroxyl groups is 1. The first-order valence-corrected chi connectivity index (χ1v) is 13.0. The molecule has 0 bridgehead atoms. The SMILES string of the molecule is O=C(Cn1nc(-c2ccc(Cl)cc2)n(CC(O)C(F)(F)F)c1=O)NC(C(=O)N1CCOCC1)c1cccc(C(F)(F)F)c1. The van der Waals surface area contributed by atoms with Crippen LogP contribution in [0.3, 0.4) is 0 Å². The van der Waals surface area contributed by atoms with Crippen molar-refractivity contribution in [1.82, 2.24) is 24.6 Å². The minimum Gasteiger partial charge on any atom is -0.382 e. The second-order valence-corrected chi connectivity index (χ2v) is 9.94. The molecule has 2 atom stereocenters. The Morgan fingerprint density at radius 1 is 1.05 bits per heavy atom. The molecule has 43 heavy (non-hydrogen) atoms. The minimum atomic E-state index is -5.08. The van der Waals surface area contributed by atoms with Crippen molar-refractivity contribution in [3.05, 3.63) is 75.2 Å². The third-order valence-corrected chi connectivity index (χ3v) is 6.73. The van der Waals surface area contributed by atoms with E-state index >= 15 is 0 Å². The Bertz CT molecular complexity index is 1520. The van der Waals surface area contributed by atoms with Gasteiger partial charge in [0.1, 0.15) is 12.6 Å². The molecule has 232 valence electrons. The summed E-state index contributed by atoms with van der Waals surface area (Å²) in [7, 11) is 0. The summed E-state index contributed by atoms with van der Waals surface area (Å²) >= 11 is 5.87. The van der Waals surface area contributed by atoms with Gasteiger partial charge in [0.15, 0.2) is 11.9 Å². The van der Waals surface area contributed by atoms with Crippen molar-refractivity contribution < 1.29 is 45.8 Å². The van der Waals surface area contributed by atoms with Crippen LogP contribution >= 0.6 is 11.6 Å². The molecule has 1 aliphatic rings. The lowest BCUT2D eigenvalue weighted by Crippen LogP contribution is -2.48. The third-order valence-electron chi connectivity index (χ3n) is 6.47. The van der Waals surface area contributed by atoms with E-state index in [1.807, 2.05) is 0 Å². The molecule has 1 fully saturated rings. The molecule has 0 radical (unpaired) electrons. The summed E-state index contributed by atoms with van der Waals surface area (Å²) in [6.45, 7) is -1.61. The lowest BCUT2D eigenvalue weighted by molar-refractivity contribution is -0.207. The number of hydrogen-bond acceptors (Lipinski definition) is 6. The van der Waals surface area contributed by atoms with Crippen molar-refractivity contribution in [1.29, 1.82) is 0 Å². The Labute approximate surface area is 244 Å². The quantitative estimate of drug-likeness (QED) is 0.368. The molecule has 0 spiro atoms. The van der Waals surface area contributed by atoms with Gasteiger partial charge in [0, 0.05) is 23.7 Å². The zero-order valence-electron chi connectivity index (χ0n) is 22.0. The Morgan fingerprint density at radius 3 is 2.30 bits per heavy atom. The maximum Gasteiger partial charge on any atom is 0.416 e. The number of aromatic nitrogens is 3. The fourth-order valence-electron chi connectivity index (χ4n) is 4.29. The first kappa shape index (κ1) is 32.0. The van der Waals surface area contributed by atoms with Crippen molar-refractivity contribution >= 4 is 23.4 Å². The summed E-state index contributed by atoms with van der Waals surface area (Å²) in [5, 5.41) is 16.2. The maximum atomic E-state index is 13.4. The average Bonchev–Trinajstić information content (AvgIpc) is 3.25. The standard InChI is InChI=1S/C26H24ClF6N5O5/c27-18-6-4-15(5-7-18)22-35-38(24(42)37(22)13-19(39)26(31,32)33)14-20(40)34-21(23(41)36-8-10-43-11-9-36)16-2-1-3-17(12-16)25(28,29)30/h1-7,12,19,21,39H,8-11,13-14H2,(H,34,40). The highest BCUT2D eigenvalue weighted by atomic mass is 35.5. The van der Waals surface area contributed by atoms with E-state index in [1.54, 1.807) is 0 Å². The average molecular weight is 636 g/mol. The molecule has 2 heterocycles. The van der Waals surface area contributed by atoms with Gasteiger partial charge in [-0.1, -0.05) is 23.7 Å². The number of hydrogen-bond donors (Lipinski definition) is 2. The Morgan fingerprint density at radius 2 is 1.70 bits per heavy atom. The highest BCUT2D eigenvalue weighted by Crippen LogP contribution is 2.31. The van der Waals surface area contributed by atoms with E-state index in [4.69, 9.17) is 16.3 Å². The van der Waals surface area contributed by atoms with E-state index in [0.29, 0.717) is 15.3 Å². The number of rotatable bonds is 8. The van der Waals surface area contributed by atoms with Gasteiger partial charge in [-0.05, 0) is 42.0 Å². The number of nitrogens with one attached hydrogen (secondary N) is 1. The van der Waals surface area contributed by atoms with Crippen LogP contribution in [0.4, 0.5) is 26.3 Å². The van der Waals surface area contributed by atoms with Gasteiger partial charge in [-0.3, -0.25) is 14.2 Å². The molecule has 17 heteroatoms. The van der Waals surface area contributed by atoms with Gasteiger partial charge < -0.3 is 20.1 Å². The molecule has 2 unspecified atom stereocenters. The van der Waals surface area contributed by atoms with Crippen molar-refractivity contribution in [2.45, 2.75) is 37.6 Å². The molecule has 3 aromatic rings. The van der Waals surface area contributed by atoms with Crippen LogP contribution in [0, 0.1) is 0 Å². The normalized spacial score (nSPS) is 15.7. The molecule has 10 nitrogen and oxygen atoms in total. The topological polar surface area (TPSA) is 119 Å². The number of ether oxygens (including phenoxy) is 1. The number of carbonyl (C=O) groups is 2. The predicted octanol–water partition coefficient (Wildman–Crippen LogP) is 3.02. The van der Waals surface area contributed by atoms with Crippen LogP contribution in [0.15, 0.2) is 53.3 Å². The van der Waals surface area contributed by atoms with E-state index in [0.717, 1.165) is 12.1 Å². The number of aliphatic hydroxyl groups excluding tert-OH is 1. The molecule has 1 aromatic heterocycles. The van der Waals surface area contributed by atoms with Crippen LogP contribution in [0.2, 0.25) is 5.02 Å². The van der Waals surface area contributed by atoms with Crippen molar-refractivity contribution in [3.8, 4) is 11.4 Å². The van der Waals surface area contributed by atoms with Gasteiger partial charge in [0.05, 0.1) is 25.3 Å². The van der Waals surface area contributed by atoms with Crippen molar-refractivity contribution in [3.63, 3.8) is 0 Å². The predicted molar refractivity (Wildman–Crippen MR) is 139 cm³/mol. The summed E-state index contributed by atoms with van der Waals surface area (Å²) in [6.07, 6.45) is -12.8. The van der Waals surface area contributed by atoms with Gasteiger partial charge in [-0.25, -0.2) is 9.48 Å². The molecule has 0 aliphatic carbocycles. The minimum absolute atomic E-state index is 0.111. The second kappa shape index (κ2) is 12.8. The number of carbonyl (C=O) groups excluding carboxylic acids is 2. The van der Waals surface area contributed by atoms with E-state index in [1.165, 1.54) is 35.2 Å². The summed E-state index contributed by atoms with van der Waals surface area (Å²) in [5.74, 6) is -2.10. The van der Waals surface area contributed by atoms with Crippen LogP contribution < -0.4 is 11.0 Å². The highest BCUT2D eigenvalue weighted by molar-refractivity contribution is 6.30. The molecule has 2 aromatic carbocycles. The highest BCUT2D eigenvalue weighted by Gasteiger charge is 2.39. The van der Waals surface area contributed by atoms with Crippen molar-refractivity contribution in [2.75, 3.05) is 26.3 Å². The monoisotopic (exact) mass is 635 g/mol. The van der Waals surface area contributed by atoms with Crippen LogP contribution in [-0.2, 0) is 33.6 Å². The molecule has 2 amide bonds. The fourth-order valence-corrected chi connectivity index (χ4v) is 4.41. The molecular formula is C26H24ClF6N5O5. The number of benzene rings is 2. The number of amides is 2. The van der Waals surface area contributed by atoms with E-state index in [9.17, 15) is 45.8 Å². The van der Waals surface area contributed by atoms with Crippen molar-refractivity contribution in [2.24, 2.45) is 0 Å². The van der Waals surface area contributed by atoms with E-state index in [2.05, 4.69) is 10.4 Å². The number of morpholine rings is 1. The summed E-state index contributed by atoms with van der Waals surface area (Å²) in [6, 6.07) is 7.67.